The molecule has 0 fully saturated rings. The Morgan fingerprint density at radius 1 is 1.00 bits per heavy atom. The Morgan fingerprint density at radius 2 is 1.76 bits per heavy atom. The van der Waals surface area contributed by atoms with Crippen LogP contribution in [0.4, 0.5) is 0 Å². The third-order valence-electron chi connectivity index (χ3n) is 6.53. The summed E-state index contributed by atoms with van der Waals surface area (Å²) >= 11 is 0. The van der Waals surface area contributed by atoms with Crippen LogP contribution in [0, 0.1) is 19.8 Å². The first-order valence-electron chi connectivity index (χ1n) is 12.5. The molecule has 0 spiro atoms. The third kappa shape index (κ3) is 6.11. The minimum atomic E-state index is -0.0290. The molecule has 0 atom stereocenters. The van der Waals surface area contributed by atoms with E-state index in [9.17, 15) is 4.79 Å². The van der Waals surface area contributed by atoms with Gasteiger partial charge in [-0.3, -0.25) is 9.69 Å². The fraction of sp³-hybridized carbons (Fsp3) is 0.464. The highest BCUT2D eigenvalue weighted by Crippen LogP contribution is 2.15. The molecule has 2 aromatic carbocycles. The highest BCUT2D eigenvalue weighted by atomic mass is 16.1. The number of nitrogens with one attached hydrogen (secondary N) is 1. The molecule has 4 rings (SSSR count). The van der Waals surface area contributed by atoms with Gasteiger partial charge >= 0.3 is 0 Å². The van der Waals surface area contributed by atoms with E-state index in [1.165, 1.54) is 11.1 Å². The smallest absolute Gasteiger partial charge is 0.251 e. The van der Waals surface area contributed by atoms with E-state index in [0.717, 1.165) is 67.4 Å². The highest BCUT2D eigenvalue weighted by Gasteiger charge is 2.19. The first-order valence-corrected chi connectivity index (χ1v) is 12.5. The Balaban J connectivity index is 1.29. The van der Waals surface area contributed by atoms with Crippen molar-refractivity contribution < 1.29 is 4.79 Å². The monoisotopic (exact) mass is 459 g/mol. The molecule has 1 aromatic heterocycles. The second kappa shape index (κ2) is 11.0. The maximum Gasteiger partial charge on any atom is 0.251 e. The molecule has 180 valence electrons. The van der Waals surface area contributed by atoms with Crippen molar-refractivity contribution in [3.63, 3.8) is 0 Å². The van der Waals surface area contributed by atoms with E-state index in [1.807, 2.05) is 32.0 Å². The molecule has 3 aromatic rings. The second-order valence-corrected chi connectivity index (χ2v) is 9.95. The van der Waals surface area contributed by atoms with Crippen molar-refractivity contribution in [3.8, 4) is 0 Å². The van der Waals surface area contributed by atoms with Crippen LogP contribution in [-0.2, 0) is 32.4 Å². The number of carbonyl (C=O) groups excluding carboxylic acids is 1. The van der Waals surface area contributed by atoms with Crippen molar-refractivity contribution in [2.45, 2.75) is 60.0 Å². The fourth-order valence-corrected chi connectivity index (χ4v) is 4.73. The van der Waals surface area contributed by atoms with Gasteiger partial charge in [0.1, 0.15) is 11.6 Å². The van der Waals surface area contributed by atoms with Gasteiger partial charge in [0.05, 0.1) is 0 Å². The van der Waals surface area contributed by atoms with Gasteiger partial charge in [0.25, 0.3) is 5.91 Å². The summed E-state index contributed by atoms with van der Waals surface area (Å²) < 4.78 is 2.25. The van der Waals surface area contributed by atoms with Gasteiger partial charge in [-0.15, -0.1) is 10.2 Å². The molecule has 0 aliphatic carbocycles. The molecule has 1 aliphatic rings. The summed E-state index contributed by atoms with van der Waals surface area (Å²) in [5.41, 5.74) is 5.68. The van der Waals surface area contributed by atoms with Gasteiger partial charge in [-0.2, -0.15) is 0 Å². The quantitative estimate of drug-likeness (QED) is 0.550. The summed E-state index contributed by atoms with van der Waals surface area (Å²) in [5, 5.41) is 11.9. The van der Waals surface area contributed by atoms with E-state index in [0.29, 0.717) is 18.9 Å². The Morgan fingerprint density at radius 3 is 2.50 bits per heavy atom. The molecule has 1 N–H and O–H groups in total. The number of hydrogen-bond acceptors (Lipinski definition) is 4. The maximum absolute atomic E-state index is 12.6. The van der Waals surface area contributed by atoms with Gasteiger partial charge in [0.2, 0.25) is 0 Å². The zero-order valence-corrected chi connectivity index (χ0v) is 21.0. The molecule has 34 heavy (non-hydrogen) atoms. The zero-order chi connectivity index (χ0) is 24.1. The minimum Gasteiger partial charge on any atom is -0.352 e. The van der Waals surface area contributed by atoms with Crippen LogP contribution in [0.5, 0.6) is 0 Å². The highest BCUT2D eigenvalue weighted by molar-refractivity contribution is 5.95. The number of fused-ring (bicyclic) bond motifs is 1. The average Bonchev–Trinajstić information content (AvgIpc) is 3.06. The number of carbonyl (C=O) groups is 1. The van der Waals surface area contributed by atoms with Crippen molar-refractivity contribution in [1.82, 2.24) is 25.0 Å². The first kappa shape index (κ1) is 24.1. The van der Waals surface area contributed by atoms with Crippen LogP contribution in [0.3, 0.4) is 0 Å². The third-order valence-corrected chi connectivity index (χ3v) is 6.53. The van der Waals surface area contributed by atoms with Crippen LogP contribution in [0.2, 0.25) is 0 Å². The van der Waals surface area contributed by atoms with Crippen LogP contribution < -0.4 is 5.32 Å². The summed E-state index contributed by atoms with van der Waals surface area (Å²) in [5.74, 6) is 2.65. The van der Waals surface area contributed by atoms with Crippen molar-refractivity contribution in [3.05, 3.63) is 81.9 Å². The van der Waals surface area contributed by atoms with Crippen molar-refractivity contribution in [2.75, 3.05) is 19.6 Å². The van der Waals surface area contributed by atoms with E-state index < -0.39 is 0 Å². The number of rotatable bonds is 8. The van der Waals surface area contributed by atoms with Crippen LogP contribution >= 0.6 is 0 Å². The zero-order valence-electron chi connectivity index (χ0n) is 21.0. The topological polar surface area (TPSA) is 63.1 Å². The molecule has 6 heteroatoms. The maximum atomic E-state index is 12.6. The van der Waals surface area contributed by atoms with E-state index in [-0.39, 0.29) is 5.91 Å². The Labute approximate surface area is 203 Å². The van der Waals surface area contributed by atoms with Gasteiger partial charge in [-0.1, -0.05) is 55.8 Å². The predicted molar refractivity (Wildman–Crippen MR) is 136 cm³/mol. The molecule has 0 bridgehead atoms. The molecular weight excluding hydrogens is 422 g/mol. The molecule has 1 amide bonds. The molecule has 1 aliphatic heterocycles. The Hall–Kier alpha value is -2.99. The molecule has 0 saturated heterocycles. The molecule has 2 heterocycles. The summed E-state index contributed by atoms with van der Waals surface area (Å²) in [6.07, 6.45) is 2.71. The lowest BCUT2D eigenvalue weighted by Gasteiger charge is -2.20. The molecule has 6 nitrogen and oxygen atoms in total. The number of aromatic nitrogens is 3. The van der Waals surface area contributed by atoms with Crippen LogP contribution in [0.1, 0.15) is 58.1 Å². The number of amides is 1. The standard InChI is InChI=1S/C28H37N5O/c1-20(2)17-23-6-8-24(9-7-23)19-32-14-12-27-31-30-26(33(27)16-15-32)11-13-29-28(34)25-10-5-21(3)18-22(25)4/h5-10,18,20H,11-17,19H2,1-4H3,(H,29,34). The number of aryl methyl sites for hydroxylation is 2. The molecule has 0 unspecified atom stereocenters. The van der Waals surface area contributed by atoms with Crippen molar-refractivity contribution >= 4 is 5.91 Å². The minimum absolute atomic E-state index is 0.0290. The van der Waals surface area contributed by atoms with Gasteiger partial charge in [-0.05, 0) is 48.9 Å². The van der Waals surface area contributed by atoms with Gasteiger partial charge in [0, 0.05) is 51.1 Å². The van der Waals surface area contributed by atoms with E-state index in [2.05, 4.69) is 63.1 Å². The molecule has 0 radical (unpaired) electrons. The Kier molecular flexibility index (Phi) is 7.78. The number of hydrogen-bond donors (Lipinski definition) is 1. The number of nitrogens with zero attached hydrogens (tertiary/aromatic N) is 4. The Bertz CT molecular complexity index is 1120. The van der Waals surface area contributed by atoms with E-state index in [4.69, 9.17) is 0 Å². The number of benzene rings is 2. The lowest BCUT2D eigenvalue weighted by Crippen LogP contribution is -2.28. The summed E-state index contributed by atoms with van der Waals surface area (Å²) in [7, 11) is 0. The summed E-state index contributed by atoms with van der Waals surface area (Å²) in [4.78, 5) is 15.1. The largest absolute Gasteiger partial charge is 0.352 e. The van der Waals surface area contributed by atoms with Crippen molar-refractivity contribution in [1.29, 1.82) is 0 Å². The summed E-state index contributed by atoms with van der Waals surface area (Å²) in [6, 6.07) is 15.0. The van der Waals surface area contributed by atoms with Gasteiger partial charge < -0.3 is 9.88 Å². The lowest BCUT2D eigenvalue weighted by molar-refractivity contribution is 0.0953. The fourth-order valence-electron chi connectivity index (χ4n) is 4.73. The van der Waals surface area contributed by atoms with Crippen LogP contribution in [0.15, 0.2) is 42.5 Å². The molecule has 0 saturated carbocycles. The molecular formula is C28H37N5O. The lowest BCUT2D eigenvalue weighted by atomic mass is 10.0. The van der Waals surface area contributed by atoms with Gasteiger partial charge in [-0.25, -0.2) is 0 Å². The van der Waals surface area contributed by atoms with Crippen LogP contribution in [-0.4, -0.2) is 45.2 Å². The summed E-state index contributed by atoms with van der Waals surface area (Å²) in [6.45, 7) is 12.9. The SMILES string of the molecule is Cc1ccc(C(=O)NCCc2nnc3n2CCN(Cc2ccc(CC(C)C)cc2)CC3)c(C)c1. The van der Waals surface area contributed by atoms with Crippen molar-refractivity contribution in [2.24, 2.45) is 5.92 Å². The van der Waals surface area contributed by atoms with E-state index >= 15 is 0 Å². The normalized spacial score (nSPS) is 14.1. The first-order chi connectivity index (χ1) is 16.4. The van der Waals surface area contributed by atoms with Gasteiger partial charge in [0.15, 0.2) is 0 Å². The van der Waals surface area contributed by atoms with Crippen LogP contribution in [0.25, 0.3) is 0 Å². The van der Waals surface area contributed by atoms with E-state index in [1.54, 1.807) is 0 Å². The average molecular weight is 460 g/mol. The predicted octanol–water partition coefficient (Wildman–Crippen LogP) is 4.12. The second-order valence-electron chi connectivity index (χ2n) is 9.95.